The molecule has 3 N–H and O–H groups in total. The first-order chi connectivity index (χ1) is 5.65. The van der Waals surface area contributed by atoms with E-state index in [9.17, 15) is 0 Å². The minimum Gasteiger partial charge on any atom is -0.271 e. The lowest BCUT2D eigenvalue weighted by Crippen LogP contribution is -2.25. The van der Waals surface area contributed by atoms with Gasteiger partial charge in [-0.1, -0.05) is 28.1 Å². The molecule has 0 bridgehead atoms. The largest absolute Gasteiger partial charge is 0.271 e. The third kappa shape index (κ3) is 2.06. The Bertz CT molecular complexity index is 273. The highest BCUT2D eigenvalue weighted by atomic mass is 79.9. The van der Waals surface area contributed by atoms with E-state index in [2.05, 4.69) is 40.4 Å². The van der Waals surface area contributed by atoms with Gasteiger partial charge in [-0.25, -0.2) is 0 Å². The molecule has 1 aromatic rings. The number of nitrogens with one attached hydrogen (secondary N) is 1. The van der Waals surface area contributed by atoms with E-state index >= 15 is 0 Å². The zero-order chi connectivity index (χ0) is 9.14. The van der Waals surface area contributed by atoms with Crippen molar-refractivity contribution >= 4 is 15.9 Å². The molecule has 0 aromatic heterocycles. The van der Waals surface area contributed by atoms with Crippen LogP contribution in [0.15, 0.2) is 22.7 Å². The topological polar surface area (TPSA) is 38.0 Å². The van der Waals surface area contributed by atoms with Gasteiger partial charge >= 0.3 is 0 Å². The molecule has 0 saturated carbocycles. The summed E-state index contributed by atoms with van der Waals surface area (Å²) in [4.78, 5) is 0. The molecule has 0 aliphatic rings. The molecule has 1 rings (SSSR count). The van der Waals surface area contributed by atoms with Crippen LogP contribution in [0.5, 0.6) is 0 Å². The average Bonchev–Trinajstić information content (AvgIpc) is 2.08. The molecule has 2 nitrogen and oxygen atoms in total. The van der Waals surface area contributed by atoms with Crippen LogP contribution in [0.2, 0.25) is 0 Å². The second-order valence-electron chi connectivity index (χ2n) is 2.90. The first-order valence-electron chi connectivity index (χ1n) is 3.87. The van der Waals surface area contributed by atoms with Crippen molar-refractivity contribution < 1.29 is 0 Å². The summed E-state index contributed by atoms with van der Waals surface area (Å²) in [6.45, 7) is 4.10. The second-order valence-corrected chi connectivity index (χ2v) is 3.75. The number of rotatable bonds is 2. The van der Waals surface area contributed by atoms with Crippen LogP contribution in [0.1, 0.15) is 24.1 Å². The van der Waals surface area contributed by atoms with Gasteiger partial charge in [-0.05, 0) is 31.0 Å². The van der Waals surface area contributed by atoms with Crippen LogP contribution in [0, 0.1) is 6.92 Å². The number of nitrogens with two attached hydrogens (primary N) is 1. The molecule has 0 heterocycles. The van der Waals surface area contributed by atoms with Crippen molar-refractivity contribution in [2.45, 2.75) is 19.9 Å². The molecule has 0 spiro atoms. The maximum Gasteiger partial charge on any atom is 0.0431 e. The van der Waals surface area contributed by atoms with Crippen LogP contribution >= 0.6 is 15.9 Å². The first kappa shape index (κ1) is 9.71. The molecule has 1 aromatic carbocycles. The van der Waals surface area contributed by atoms with E-state index in [-0.39, 0.29) is 6.04 Å². The van der Waals surface area contributed by atoms with Crippen molar-refractivity contribution in [2.24, 2.45) is 5.84 Å². The molecule has 0 amide bonds. The van der Waals surface area contributed by atoms with Gasteiger partial charge in [0.15, 0.2) is 0 Å². The number of halogens is 1. The zero-order valence-electron chi connectivity index (χ0n) is 7.26. The summed E-state index contributed by atoms with van der Waals surface area (Å²) in [5.41, 5.74) is 5.15. The summed E-state index contributed by atoms with van der Waals surface area (Å²) in [6.07, 6.45) is 0. The third-order valence-corrected chi connectivity index (χ3v) is 2.82. The summed E-state index contributed by atoms with van der Waals surface area (Å²) in [6, 6.07) is 6.42. The number of aryl methyl sites for hydroxylation is 1. The zero-order valence-corrected chi connectivity index (χ0v) is 8.85. The maximum absolute atomic E-state index is 5.33. The Morgan fingerprint density at radius 1 is 1.50 bits per heavy atom. The SMILES string of the molecule is Cc1cc(C(C)NN)ccc1Br. The van der Waals surface area contributed by atoms with Crippen LogP contribution in [0.25, 0.3) is 0 Å². The Hall–Kier alpha value is -0.380. The fraction of sp³-hybridized carbons (Fsp3) is 0.333. The molecule has 0 saturated heterocycles. The molecule has 0 aliphatic heterocycles. The van der Waals surface area contributed by atoms with Crippen LogP contribution in [0.4, 0.5) is 0 Å². The summed E-state index contributed by atoms with van der Waals surface area (Å²) in [5, 5.41) is 0. The van der Waals surface area contributed by atoms with Gasteiger partial charge < -0.3 is 0 Å². The summed E-state index contributed by atoms with van der Waals surface area (Å²) < 4.78 is 1.13. The van der Waals surface area contributed by atoms with E-state index in [1.54, 1.807) is 0 Å². The van der Waals surface area contributed by atoms with E-state index in [1.807, 2.05) is 13.0 Å². The van der Waals surface area contributed by atoms with Crippen molar-refractivity contribution in [3.05, 3.63) is 33.8 Å². The maximum atomic E-state index is 5.33. The molecule has 3 heteroatoms. The average molecular weight is 229 g/mol. The molecule has 66 valence electrons. The highest BCUT2D eigenvalue weighted by Crippen LogP contribution is 2.20. The molecule has 1 unspecified atom stereocenters. The Balaban J connectivity index is 2.96. The molecule has 0 aliphatic carbocycles. The number of hydrazine groups is 1. The lowest BCUT2D eigenvalue weighted by Gasteiger charge is -2.11. The van der Waals surface area contributed by atoms with E-state index in [4.69, 9.17) is 5.84 Å². The predicted octanol–water partition coefficient (Wildman–Crippen LogP) is 2.28. The highest BCUT2D eigenvalue weighted by molar-refractivity contribution is 9.10. The van der Waals surface area contributed by atoms with Crippen molar-refractivity contribution in [1.82, 2.24) is 5.43 Å². The lowest BCUT2D eigenvalue weighted by atomic mass is 10.1. The molecular formula is C9H13BrN2. The van der Waals surface area contributed by atoms with Gasteiger partial charge in [-0.3, -0.25) is 11.3 Å². The molecule has 12 heavy (non-hydrogen) atoms. The number of hydrogen-bond donors (Lipinski definition) is 2. The van der Waals surface area contributed by atoms with Crippen LogP contribution in [-0.4, -0.2) is 0 Å². The summed E-state index contributed by atoms with van der Waals surface area (Å²) in [7, 11) is 0. The third-order valence-electron chi connectivity index (χ3n) is 1.93. The molecular weight excluding hydrogens is 216 g/mol. The Morgan fingerprint density at radius 3 is 2.67 bits per heavy atom. The van der Waals surface area contributed by atoms with E-state index in [1.165, 1.54) is 11.1 Å². The Labute approximate surface area is 81.3 Å². The summed E-state index contributed by atoms with van der Waals surface area (Å²) in [5.74, 6) is 5.33. The molecule has 0 fully saturated rings. The van der Waals surface area contributed by atoms with Crippen molar-refractivity contribution in [3.8, 4) is 0 Å². The fourth-order valence-electron chi connectivity index (χ4n) is 1.03. The lowest BCUT2D eigenvalue weighted by molar-refractivity contribution is 0.602. The summed E-state index contributed by atoms with van der Waals surface area (Å²) >= 11 is 3.45. The van der Waals surface area contributed by atoms with E-state index in [0.29, 0.717) is 0 Å². The fourth-order valence-corrected chi connectivity index (χ4v) is 1.28. The van der Waals surface area contributed by atoms with Gasteiger partial charge in [0, 0.05) is 10.5 Å². The normalized spacial score (nSPS) is 13.0. The Kier molecular flexibility index (Phi) is 3.26. The van der Waals surface area contributed by atoms with Gasteiger partial charge in [0.05, 0.1) is 0 Å². The van der Waals surface area contributed by atoms with Gasteiger partial charge in [-0.2, -0.15) is 0 Å². The van der Waals surface area contributed by atoms with Gasteiger partial charge in [-0.15, -0.1) is 0 Å². The standard InChI is InChI=1S/C9H13BrN2/c1-6-5-8(7(2)12-11)3-4-9(6)10/h3-5,7,12H,11H2,1-2H3. The van der Waals surface area contributed by atoms with Crippen LogP contribution in [-0.2, 0) is 0 Å². The van der Waals surface area contributed by atoms with Crippen molar-refractivity contribution in [1.29, 1.82) is 0 Å². The van der Waals surface area contributed by atoms with E-state index in [0.717, 1.165) is 4.47 Å². The molecule has 1 atom stereocenters. The number of benzene rings is 1. The highest BCUT2D eigenvalue weighted by Gasteiger charge is 2.03. The number of hydrogen-bond acceptors (Lipinski definition) is 2. The second kappa shape index (κ2) is 4.03. The van der Waals surface area contributed by atoms with Gasteiger partial charge in [0.2, 0.25) is 0 Å². The first-order valence-corrected chi connectivity index (χ1v) is 4.66. The van der Waals surface area contributed by atoms with Crippen molar-refractivity contribution in [3.63, 3.8) is 0 Å². The van der Waals surface area contributed by atoms with Gasteiger partial charge in [0.25, 0.3) is 0 Å². The molecule has 0 radical (unpaired) electrons. The Morgan fingerprint density at radius 2 is 2.17 bits per heavy atom. The van der Waals surface area contributed by atoms with Gasteiger partial charge in [0.1, 0.15) is 0 Å². The van der Waals surface area contributed by atoms with E-state index < -0.39 is 0 Å². The predicted molar refractivity (Wildman–Crippen MR) is 54.6 cm³/mol. The smallest absolute Gasteiger partial charge is 0.0431 e. The monoisotopic (exact) mass is 228 g/mol. The van der Waals surface area contributed by atoms with Crippen LogP contribution in [0.3, 0.4) is 0 Å². The quantitative estimate of drug-likeness (QED) is 0.603. The van der Waals surface area contributed by atoms with Crippen LogP contribution < -0.4 is 11.3 Å². The minimum atomic E-state index is 0.205. The minimum absolute atomic E-state index is 0.205. The van der Waals surface area contributed by atoms with Crippen molar-refractivity contribution in [2.75, 3.05) is 0 Å².